The van der Waals surface area contributed by atoms with Crippen LogP contribution in [0.5, 0.6) is 0 Å². The Balaban J connectivity index is 1.44. The second-order valence-corrected chi connectivity index (χ2v) is 9.48. The second kappa shape index (κ2) is 8.97. The van der Waals surface area contributed by atoms with Crippen LogP contribution in [0.15, 0.2) is 17.6 Å². The fourth-order valence-electron chi connectivity index (χ4n) is 4.72. The zero-order valence-corrected chi connectivity index (χ0v) is 17.2. The van der Waals surface area contributed by atoms with Crippen LogP contribution < -0.4 is 0 Å². The number of aromatic nitrogens is 2. The van der Waals surface area contributed by atoms with Crippen molar-refractivity contribution in [3.05, 3.63) is 12.4 Å². The maximum absolute atomic E-state index is 13.3. The van der Waals surface area contributed by atoms with Gasteiger partial charge in [0.1, 0.15) is 0 Å². The van der Waals surface area contributed by atoms with Gasteiger partial charge in [-0.25, -0.2) is 4.98 Å². The highest BCUT2D eigenvalue weighted by molar-refractivity contribution is 7.99. The molecule has 1 aromatic rings. The molecule has 6 nitrogen and oxygen atoms in total. The third-order valence-corrected chi connectivity index (χ3v) is 7.52. The number of rotatable bonds is 5. The molecule has 0 spiro atoms. The molecule has 0 N–H and O–H groups in total. The van der Waals surface area contributed by atoms with Crippen LogP contribution >= 0.6 is 11.8 Å². The summed E-state index contributed by atoms with van der Waals surface area (Å²) in [4.78, 5) is 22.3. The Labute approximate surface area is 166 Å². The molecule has 2 saturated heterocycles. The molecular weight excluding hydrogens is 360 g/mol. The first-order chi connectivity index (χ1) is 13.2. The van der Waals surface area contributed by atoms with Crippen LogP contribution in [-0.4, -0.2) is 75.9 Å². The van der Waals surface area contributed by atoms with Gasteiger partial charge in [-0.15, -0.1) is 0 Å². The normalized spacial score (nSPS) is 28.0. The summed E-state index contributed by atoms with van der Waals surface area (Å²) < 4.78 is 7.52. The maximum Gasteiger partial charge on any atom is 0.240 e. The lowest BCUT2D eigenvalue weighted by atomic mass is 9.89. The molecule has 1 aromatic heterocycles. The van der Waals surface area contributed by atoms with E-state index < -0.39 is 0 Å². The van der Waals surface area contributed by atoms with Crippen LogP contribution in [-0.2, 0) is 16.6 Å². The van der Waals surface area contributed by atoms with Crippen LogP contribution in [0.2, 0.25) is 0 Å². The van der Waals surface area contributed by atoms with Crippen LogP contribution in [0.1, 0.15) is 38.5 Å². The molecule has 0 aromatic carbocycles. The highest BCUT2D eigenvalue weighted by Crippen LogP contribution is 2.35. The molecule has 4 rings (SSSR count). The molecule has 1 amide bonds. The van der Waals surface area contributed by atoms with Gasteiger partial charge in [0.2, 0.25) is 5.91 Å². The van der Waals surface area contributed by atoms with E-state index in [1.54, 1.807) is 0 Å². The number of nitrogens with zero attached hydrogens (tertiary/aromatic N) is 4. The first kappa shape index (κ1) is 19.3. The Bertz CT molecular complexity index is 625. The van der Waals surface area contributed by atoms with E-state index in [0.29, 0.717) is 24.4 Å². The Hall–Kier alpha value is -1.05. The lowest BCUT2D eigenvalue weighted by molar-refractivity contribution is -0.140. The van der Waals surface area contributed by atoms with Crippen LogP contribution in [0.4, 0.5) is 0 Å². The van der Waals surface area contributed by atoms with Gasteiger partial charge < -0.3 is 14.2 Å². The summed E-state index contributed by atoms with van der Waals surface area (Å²) in [6.07, 6.45) is 11.5. The fourth-order valence-corrected chi connectivity index (χ4v) is 5.91. The molecule has 150 valence electrons. The summed E-state index contributed by atoms with van der Waals surface area (Å²) in [6.45, 7) is 4.90. The summed E-state index contributed by atoms with van der Waals surface area (Å²) in [6, 6.07) is 0.0304. The number of thioether (sulfide) groups is 1. The highest BCUT2D eigenvalue weighted by atomic mass is 32.2. The van der Waals surface area contributed by atoms with E-state index in [9.17, 15) is 4.79 Å². The smallest absolute Gasteiger partial charge is 0.240 e. The molecule has 3 heterocycles. The van der Waals surface area contributed by atoms with E-state index in [-0.39, 0.29) is 6.04 Å². The Morgan fingerprint density at radius 3 is 2.74 bits per heavy atom. The predicted octanol–water partition coefficient (Wildman–Crippen LogP) is 2.39. The first-order valence-electron chi connectivity index (χ1n) is 10.5. The first-order valence-corrected chi connectivity index (χ1v) is 11.3. The second-order valence-electron chi connectivity index (χ2n) is 8.21. The number of morpholine rings is 1. The lowest BCUT2D eigenvalue weighted by Crippen LogP contribution is -2.50. The van der Waals surface area contributed by atoms with Crippen molar-refractivity contribution >= 4 is 17.7 Å². The van der Waals surface area contributed by atoms with E-state index in [4.69, 9.17) is 4.74 Å². The van der Waals surface area contributed by atoms with Gasteiger partial charge in [-0.1, -0.05) is 31.0 Å². The molecule has 2 aliphatic heterocycles. The minimum absolute atomic E-state index is 0.0304. The zero-order valence-electron chi connectivity index (χ0n) is 16.4. The average molecular weight is 393 g/mol. The van der Waals surface area contributed by atoms with Gasteiger partial charge in [0, 0.05) is 50.9 Å². The molecule has 3 aliphatic rings. The molecule has 1 saturated carbocycles. The number of carbonyl (C=O) groups is 1. The molecule has 0 radical (unpaired) electrons. The Morgan fingerprint density at radius 2 is 2.04 bits per heavy atom. The highest BCUT2D eigenvalue weighted by Gasteiger charge is 2.40. The van der Waals surface area contributed by atoms with Crippen LogP contribution in [0.3, 0.4) is 0 Å². The number of carbonyl (C=O) groups excluding carboxylic acids is 1. The molecular formula is C20H32N4O2S. The van der Waals surface area contributed by atoms with E-state index in [1.807, 2.05) is 36.1 Å². The van der Waals surface area contributed by atoms with Crippen molar-refractivity contribution in [3.8, 4) is 0 Å². The van der Waals surface area contributed by atoms with Gasteiger partial charge in [0.05, 0.1) is 19.3 Å². The molecule has 3 fully saturated rings. The quantitative estimate of drug-likeness (QED) is 0.770. The minimum Gasteiger partial charge on any atom is -0.378 e. The van der Waals surface area contributed by atoms with Gasteiger partial charge in [0.15, 0.2) is 5.16 Å². The molecule has 0 unspecified atom stereocenters. The molecule has 7 heteroatoms. The van der Waals surface area contributed by atoms with Gasteiger partial charge in [0.25, 0.3) is 0 Å². The van der Waals surface area contributed by atoms with Gasteiger partial charge in [-0.2, -0.15) is 0 Å². The summed E-state index contributed by atoms with van der Waals surface area (Å²) in [7, 11) is 2.04. The minimum atomic E-state index is 0.0304. The summed E-state index contributed by atoms with van der Waals surface area (Å²) in [5.74, 6) is 1.08. The summed E-state index contributed by atoms with van der Waals surface area (Å²) in [5.41, 5.74) is 0. The number of hydrogen-bond donors (Lipinski definition) is 0. The van der Waals surface area contributed by atoms with Crippen molar-refractivity contribution in [2.24, 2.45) is 13.0 Å². The number of ether oxygens (including phenoxy) is 1. The number of imidazole rings is 1. The number of likely N-dealkylation sites (tertiary alicyclic amines) is 1. The van der Waals surface area contributed by atoms with Gasteiger partial charge in [-0.3, -0.25) is 9.69 Å². The van der Waals surface area contributed by atoms with E-state index in [2.05, 4.69) is 14.5 Å². The van der Waals surface area contributed by atoms with Crippen molar-refractivity contribution in [2.45, 2.75) is 55.0 Å². The SMILES string of the molecule is Cn1ccnc1S[C@@H]1C[C@@H](C(=O)N2CCOCC2)N(CC2CCCCC2)C1. The van der Waals surface area contributed by atoms with Crippen molar-refractivity contribution in [1.29, 1.82) is 0 Å². The van der Waals surface area contributed by atoms with E-state index >= 15 is 0 Å². The van der Waals surface area contributed by atoms with Crippen LogP contribution in [0, 0.1) is 5.92 Å². The van der Waals surface area contributed by atoms with Crippen molar-refractivity contribution < 1.29 is 9.53 Å². The third kappa shape index (κ3) is 4.69. The van der Waals surface area contributed by atoms with Crippen molar-refractivity contribution in [3.63, 3.8) is 0 Å². The fraction of sp³-hybridized carbons (Fsp3) is 0.800. The molecule has 1 aliphatic carbocycles. The molecule has 27 heavy (non-hydrogen) atoms. The number of amides is 1. The monoisotopic (exact) mass is 392 g/mol. The van der Waals surface area contributed by atoms with E-state index in [1.165, 1.54) is 32.1 Å². The Morgan fingerprint density at radius 1 is 1.26 bits per heavy atom. The zero-order chi connectivity index (χ0) is 18.6. The molecule has 0 bridgehead atoms. The largest absolute Gasteiger partial charge is 0.378 e. The average Bonchev–Trinajstić information content (AvgIpc) is 3.29. The summed E-state index contributed by atoms with van der Waals surface area (Å²) >= 11 is 1.83. The van der Waals surface area contributed by atoms with E-state index in [0.717, 1.165) is 43.7 Å². The number of aryl methyl sites for hydroxylation is 1. The van der Waals surface area contributed by atoms with Crippen molar-refractivity contribution in [1.82, 2.24) is 19.4 Å². The Kier molecular flexibility index (Phi) is 6.40. The van der Waals surface area contributed by atoms with Gasteiger partial charge >= 0.3 is 0 Å². The number of hydrogen-bond acceptors (Lipinski definition) is 5. The lowest BCUT2D eigenvalue weighted by Gasteiger charge is -2.34. The van der Waals surface area contributed by atoms with Crippen molar-refractivity contribution in [2.75, 3.05) is 39.4 Å². The maximum atomic E-state index is 13.3. The predicted molar refractivity (Wildman–Crippen MR) is 107 cm³/mol. The van der Waals surface area contributed by atoms with Crippen LogP contribution in [0.25, 0.3) is 0 Å². The van der Waals surface area contributed by atoms with Gasteiger partial charge in [-0.05, 0) is 25.2 Å². The third-order valence-electron chi connectivity index (χ3n) is 6.24. The summed E-state index contributed by atoms with van der Waals surface area (Å²) in [5, 5.41) is 1.49. The standard InChI is InChI=1S/C20H32N4O2S/c1-22-8-7-21-20(22)27-17-13-18(19(25)23-9-11-26-12-10-23)24(15-17)14-16-5-3-2-4-6-16/h7-8,16-18H,2-6,9-15H2,1H3/t17-,18+/m1/s1. The topological polar surface area (TPSA) is 50.6 Å². The molecule has 2 atom stereocenters.